The molecule has 0 unspecified atom stereocenters. The number of ether oxygens (including phenoxy) is 1. The highest BCUT2D eigenvalue weighted by atomic mass is 16.5. The van der Waals surface area contributed by atoms with Crippen LogP contribution in [0.5, 0.6) is 5.75 Å². The molecule has 4 nitrogen and oxygen atoms in total. The number of rotatable bonds is 4. The third-order valence-corrected chi connectivity index (χ3v) is 2.14. The summed E-state index contributed by atoms with van der Waals surface area (Å²) < 4.78 is 5.20. The van der Waals surface area contributed by atoms with Crippen LogP contribution >= 0.6 is 0 Å². The molecule has 0 radical (unpaired) electrons. The summed E-state index contributed by atoms with van der Waals surface area (Å²) in [5.41, 5.74) is 1.75. The molecular weight excluding hydrogens is 206 g/mol. The Kier molecular flexibility index (Phi) is 3.94. The molecule has 1 N–H and O–H groups in total. The van der Waals surface area contributed by atoms with Crippen LogP contribution in [0.1, 0.15) is 5.56 Å². The number of carboxylic acid groups (broad SMARTS) is 1. The summed E-state index contributed by atoms with van der Waals surface area (Å²) in [7, 11) is 5.43. The van der Waals surface area contributed by atoms with Crippen molar-refractivity contribution in [1.82, 2.24) is 0 Å². The molecule has 0 bridgehead atoms. The predicted molar refractivity (Wildman–Crippen MR) is 64.0 cm³/mol. The third kappa shape index (κ3) is 3.02. The molecule has 16 heavy (non-hydrogen) atoms. The summed E-state index contributed by atoms with van der Waals surface area (Å²) in [6.45, 7) is 0. The standard InChI is InChI=1S/C12H15NO3/c1-13(2)10-6-4-9(5-7-12(14)15)11(8-10)16-3/h4-8H,1-3H3,(H,14,15). The van der Waals surface area contributed by atoms with Crippen molar-refractivity contribution in [1.29, 1.82) is 0 Å². The summed E-state index contributed by atoms with van der Waals surface area (Å²) in [5, 5.41) is 8.55. The van der Waals surface area contributed by atoms with Crippen LogP contribution < -0.4 is 9.64 Å². The first kappa shape index (κ1) is 12.1. The minimum Gasteiger partial charge on any atom is -0.496 e. The molecule has 0 aliphatic rings. The van der Waals surface area contributed by atoms with Gasteiger partial charge in [-0.2, -0.15) is 0 Å². The van der Waals surface area contributed by atoms with Gasteiger partial charge >= 0.3 is 5.97 Å². The van der Waals surface area contributed by atoms with Crippen LogP contribution in [0, 0.1) is 0 Å². The number of hydrogen-bond acceptors (Lipinski definition) is 3. The van der Waals surface area contributed by atoms with Crippen molar-refractivity contribution in [2.24, 2.45) is 0 Å². The molecule has 1 aromatic rings. The van der Waals surface area contributed by atoms with E-state index >= 15 is 0 Å². The summed E-state index contributed by atoms with van der Waals surface area (Å²) in [6, 6.07) is 5.60. The first-order chi connectivity index (χ1) is 7.54. The van der Waals surface area contributed by atoms with E-state index in [-0.39, 0.29) is 0 Å². The quantitative estimate of drug-likeness (QED) is 0.788. The van der Waals surface area contributed by atoms with Gasteiger partial charge in [0.1, 0.15) is 5.75 Å². The van der Waals surface area contributed by atoms with Gasteiger partial charge in [0.15, 0.2) is 0 Å². The molecular formula is C12H15NO3. The van der Waals surface area contributed by atoms with Crippen molar-refractivity contribution < 1.29 is 14.6 Å². The zero-order valence-electron chi connectivity index (χ0n) is 9.60. The highest BCUT2D eigenvalue weighted by Crippen LogP contribution is 2.25. The van der Waals surface area contributed by atoms with Crippen molar-refractivity contribution >= 4 is 17.7 Å². The highest BCUT2D eigenvalue weighted by molar-refractivity contribution is 5.86. The second-order valence-electron chi connectivity index (χ2n) is 3.49. The second-order valence-corrected chi connectivity index (χ2v) is 3.49. The maximum Gasteiger partial charge on any atom is 0.328 e. The Morgan fingerprint density at radius 3 is 2.62 bits per heavy atom. The van der Waals surface area contributed by atoms with E-state index in [1.807, 2.05) is 37.2 Å². The Morgan fingerprint density at radius 1 is 1.44 bits per heavy atom. The largest absolute Gasteiger partial charge is 0.496 e. The highest BCUT2D eigenvalue weighted by Gasteiger charge is 2.03. The van der Waals surface area contributed by atoms with E-state index < -0.39 is 5.97 Å². The summed E-state index contributed by atoms with van der Waals surface area (Å²) in [4.78, 5) is 12.4. The number of hydrogen-bond donors (Lipinski definition) is 1. The van der Waals surface area contributed by atoms with Crippen molar-refractivity contribution in [3.63, 3.8) is 0 Å². The van der Waals surface area contributed by atoms with Gasteiger partial charge in [-0.25, -0.2) is 4.79 Å². The Bertz CT molecular complexity index is 411. The van der Waals surface area contributed by atoms with Gasteiger partial charge < -0.3 is 14.7 Å². The minimum absolute atomic E-state index is 0.656. The Labute approximate surface area is 94.8 Å². The molecule has 0 aliphatic carbocycles. The third-order valence-electron chi connectivity index (χ3n) is 2.14. The average Bonchev–Trinajstić information content (AvgIpc) is 2.25. The van der Waals surface area contributed by atoms with E-state index in [0.717, 1.165) is 17.3 Å². The van der Waals surface area contributed by atoms with Crippen molar-refractivity contribution in [2.45, 2.75) is 0 Å². The van der Waals surface area contributed by atoms with Crippen LogP contribution in [0.2, 0.25) is 0 Å². The summed E-state index contributed by atoms with van der Waals surface area (Å²) in [6.07, 6.45) is 2.60. The topological polar surface area (TPSA) is 49.8 Å². The number of nitrogens with zero attached hydrogens (tertiary/aromatic N) is 1. The van der Waals surface area contributed by atoms with Gasteiger partial charge in [0, 0.05) is 37.5 Å². The number of benzene rings is 1. The monoisotopic (exact) mass is 221 g/mol. The predicted octanol–water partition coefficient (Wildman–Crippen LogP) is 1.86. The Balaban J connectivity index is 3.07. The lowest BCUT2D eigenvalue weighted by molar-refractivity contribution is -0.131. The van der Waals surface area contributed by atoms with E-state index in [4.69, 9.17) is 9.84 Å². The first-order valence-corrected chi connectivity index (χ1v) is 4.81. The van der Waals surface area contributed by atoms with Crippen LogP contribution in [-0.4, -0.2) is 32.3 Å². The second kappa shape index (κ2) is 5.21. The van der Waals surface area contributed by atoms with E-state index in [1.165, 1.54) is 6.08 Å². The zero-order chi connectivity index (χ0) is 12.1. The van der Waals surface area contributed by atoms with E-state index in [0.29, 0.717) is 5.75 Å². The summed E-state index contributed by atoms with van der Waals surface area (Å²) >= 11 is 0. The number of anilines is 1. The molecule has 86 valence electrons. The number of aliphatic carboxylic acids is 1. The molecule has 0 aromatic heterocycles. The lowest BCUT2D eigenvalue weighted by Crippen LogP contribution is -2.08. The van der Waals surface area contributed by atoms with Crippen molar-refractivity contribution in [2.75, 3.05) is 26.1 Å². The van der Waals surface area contributed by atoms with Gasteiger partial charge in [-0.3, -0.25) is 0 Å². The molecule has 0 saturated heterocycles. The number of methoxy groups -OCH3 is 1. The fourth-order valence-corrected chi connectivity index (χ4v) is 1.28. The van der Waals surface area contributed by atoms with Crippen LogP contribution in [0.4, 0.5) is 5.69 Å². The maximum absolute atomic E-state index is 10.4. The molecule has 0 atom stereocenters. The van der Waals surface area contributed by atoms with Gasteiger partial charge in [-0.1, -0.05) is 0 Å². The summed E-state index contributed by atoms with van der Waals surface area (Å²) in [5.74, 6) is -0.317. The van der Waals surface area contributed by atoms with E-state index in [9.17, 15) is 4.79 Å². The molecule has 0 spiro atoms. The van der Waals surface area contributed by atoms with Gasteiger partial charge in [0.05, 0.1) is 7.11 Å². The van der Waals surface area contributed by atoms with E-state index in [2.05, 4.69) is 0 Å². The molecule has 1 aromatic carbocycles. The molecule has 0 fully saturated rings. The van der Waals surface area contributed by atoms with Gasteiger partial charge in [0.2, 0.25) is 0 Å². The molecule has 0 amide bonds. The van der Waals surface area contributed by atoms with Crippen LogP contribution in [0.3, 0.4) is 0 Å². The van der Waals surface area contributed by atoms with Gasteiger partial charge in [-0.05, 0) is 18.2 Å². The molecule has 0 aliphatic heterocycles. The van der Waals surface area contributed by atoms with Crippen LogP contribution in [0.25, 0.3) is 6.08 Å². The fourth-order valence-electron chi connectivity index (χ4n) is 1.28. The van der Waals surface area contributed by atoms with Crippen LogP contribution in [-0.2, 0) is 4.79 Å². The maximum atomic E-state index is 10.4. The van der Waals surface area contributed by atoms with Gasteiger partial charge in [0.25, 0.3) is 0 Å². The van der Waals surface area contributed by atoms with E-state index in [1.54, 1.807) is 7.11 Å². The first-order valence-electron chi connectivity index (χ1n) is 4.81. The molecule has 0 heterocycles. The molecule has 4 heteroatoms. The molecule has 1 rings (SSSR count). The Morgan fingerprint density at radius 2 is 2.12 bits per heavy atom. The normalized spacial score (nSPS) is 10.4. The number of carboxylic acids is 1. The lowest BCUT2D eigenvalue weighted by Gasteiger charge is -2.14. The Hall–Kier alpha value is -1.97. The fraction of sp³-hybridized carbons (Fsp3) is 0.250. The minimum atomic E-state index is -0.973. The van der Waals surface area contributed by atoms with Gasteiger partial charge in [-0.15, -0.1) is 0 Å². The molecule has 0 saturated carbocycles. The average molecular weight is 221 g/mol. The number of carbonyl (C=O) groups is 1. The lowest BCUT2D eigenvalue weighted by atomic mass is 10.1. The smallest absolute Gasteiger partial charge is 0.328 e. The van der Waals surface area contributed by atoms with Crippen molar-refractivity contribution in [3.05, 3.63) is 29.8 Å². The van der Waals surface area contributed by atoms with Crippen molar-refractivity contribution in [3.8, 4) is 5.75 Å². The SMILES string of the molecule is COc1cc(N(C)C)ccc1C=CC(=O)O. The zero-order valence-corrected chi connectivity index (χ0v) is 9.60. The van der Waals surface area contributed by atoms with Crippen LogP contribution in [0.15, 0.2) is 24.3 Å².